The van der Waals surface area contributed by atoms with Gasteiger partial charge in [0.05, 0.1) is 12.0 Å². The molecule has 2 amide bonds. The van der Waals surface area contributed by atoms with Crippen LogP contribution in [-0.4, -0.2) is 24.9 Å². The number of piperidine rings is 1. The van der Waals surface area contributed by atoms with E-state index in [0.717, 1.165) is 37.2 Å². The van der Waals surface area contributed by atoms with E-state index in [0.29, 0.717) is 0 Å². The minimum Gasteiger partial charge on any atom is -0.349 e. The van der Waals surface area contributed by atoms with Gasteiger partial charge in [0.15, 0.2) is 0 Å². The average molecular weight is 289 g/mol. The van der Waals surface area contributed by atoms with Gasteiger partial charge in [0, 0.05) is 19.2 Å². The molecule has 1 unspecified atom stereocenters. The highest BCUT2D eigenvalue weighted by Crippen LogP contribution is 2.19. The van der Waals surface area contributed by atoms with Gasteiger partial charge >= 0.3 is 0 Å². The Labute approximate surface area is 125 Å². The maximum Gasteiger partial charge on any atom is 0.224 e. The number of carbonyl (C=O) groups is 2. The smallest absolute Gasteiger partial charge is 0.224 e. The van der Waals surface area contributed by atoms with Crippen molar-refractivity contribution in [1.82, 2.24) is 10.6 Å². The van der Waals surface area contributed by atoms with Gasteiger partial charge in [-0.05, 0) is 44.0 Å². The van der Waals surface area contributed by atoms with Gasteiger partial charge in [-0.2, -0.15) is 0 Å². The molecule has 0 aromatic heterocycles. The van der Waals surface area contributed by atoms with Gasteiger partial charge in [-0.25, -0.2) is 0 Å². The molecule has 5 nitrogen and oxygen atoms in total. The third kappa shape index (κ3) is 4.56. The second-order valence-corrected chi connectivity index (χ2v) is 5.58. The second kappa shape index (κ2) is 7.22. The summed E-state index contributed by atoms with van der Waals surface area (Å²) in [7, 11) is 0. The van der Waals surface area contributed by atoms with Gasteiger partial charge in [0.25, 0.3) is 0 Å². The number of anilines is 1. The number of nitrogens with one attached hydrogen (secondary N) is 3. The predicted molar refractivity (Wildman–Crippen MR) is 82.9 cm³/mol. The lowest BCUT2D eigenvalue weighted by Gasteiger charge is -2.24. The third-order valence-corrected chi connectivity index (χ3v) is 3.73. The molecule has 0 spiro atoms. The lowest BCUT2D eigenvalue weighted by Crippen LogP contribution is -2.41. The van der Waals surface area contributed by atoms with Gasteiger partial charge in [0.2, 0.25) is 11.8 Å². The highest BCUT2D eigenvalue weighted by molar-refractivity contribution is 5.88. The maximum atomic E-state index is 12.2. The molecular formula is C16H23N3O2. The molecule has 1 aliphatic heterocycles. The first kappa shape index (κ1) is 15.5. The number of amides is 2. The molecule has 1 fully saturated rings. The van der Waals surface area contributed by atoms with E-state index in [4.69, 9.17) is 0 Å². The molecule has 114 valence electrons. The van der Waals surface area contributed by atoms with Crippen LogP contribution in [0.2, 0.25) is 0 Å². The van der Waals surface area contributed by atoms with Crippen molar-refractivity contribution < 1.29 is 9.59 Å². The van der Waals surface area contributed by atoms with Crippen molar-refractivity contribution in [3.8, 4) is 0 Å². The lowest BCUT2D eigenvalue weighted by atomic mass is 9.98. The van der Waals surface area contributed by atoms with Crippen molar-refractivity contribution in [2.24, 2.45) is 5.92 Å². The van der Waals surface area contributed by atoms with Crippen LogP contribution in [0, 0.1) is 5.92 Å². The van der Waals surface area contributed by atoms with Gasteiger partial charge in [-0.15, -0.1) is 0 Å². The highest BCUT2D eigenvalue weighted by Gasteiger charge is 2.22. The fourth-order valence-electron chi connectivity index (χ4n) is 2.58. The summed E-state index contributed by atoms with van der Waals surface area (Å²) < 4.78 is 0. The summed E-state index contributed by atoms with van der Waals surface area (Å²) in [5.41, 5.74) is 1.74. The van der Waals surface area contributed by atoms with Crippen molar-refractivity contribution in [3.63, 3.8) is 0 Å². The Balaban J connectivity index is 1.97. The summed E-state index contributed by atoms with van der Waals surface area (Å²) in [6, 6.07) is 7.49. The summed E-state index contributed by atoms with van der Waals surface area (Å²) in [4.78, 5) is 23.3. The summed E-state index contributed by atoms with van der Waals surface area (Å²) in [5.74, 6) is 0.0523. The van der Waals surface area contributed by atoms with E-state index in [2.05, 4.69) is 16.0 Å². The highest BCUT2D eigenvalue weighted by atomic mass is 16.2. The zero-order valence-corrected chi connectivity index (χ0v) is 12.6. The number of carbonyl (C=O) groups excluding carboxylic acids is 2. The fraction of sp³-hybridized carbons (Fsp3) is 0.500. The molecule has 0 saturated carbocycles. The predicted octanol–water partition coefficient (Wildman–Crippen LogP) is 1.82. The summed E-state index contributed by atoms with van der Waals surface area (Å²) in [6.07, 6.45) is 1.99. The Morgan fingerprint density at radius 3 is 2.86 bits per heavy atom. The Morgan fingerprint density at radius 1 is 1.38 bits per heavy atom. The molecule has 0 radical (unpaired) electrons. The first-order chi connectivity index (χ1) is 10.1. The molecule has 2 rings (SSSR count). The summed E-state index contributed by atoms with van der Waals surface area (Å²) in [5, 5.41) is 9.06. The van der Waals surface area contributed by atoms with Gasteiger partial charge in [0.1, 0.15) is 0 Å². The molecule has 1 saturated heterocycles. The Kier molecular flexibility index (Phi) is 5.33. The van der Waals surface area contributed by atoms with E-state index >= 15 is 0 Å². The lowest BCUT2D eigenvalue weighted by molar-refractivity contribution is -0.126. The minimum absolute atomic E-state index is 0.0553. The van der Waals surface area contributed by atoms with Crippen LogP contribution in [0.15, 0.2) is 24.3 Å². The van der Waals surface area contributed by atoms with Crippen molar-refractivity contribution >= 4 is 17.5 Å². The largest absolute Gasteiger partial charge is 0.349 e. The third-order valence-electron chi connectivity index (χ3n) is 3.73. The minimum atomic E-state index is -0.0999. The Hall–Kier alpha value is -1.88. The van der Waals surface area contributed by atoms with E-state index in [1.54, 1.807) is 0 Å². The van der Waals surface area contributed by atoms with E-state index in [9.17, 15) is 9.59 Å². The standard InChI is InChI=1S/C16H23N3O2/c1-11(18-16(21)14-6-4-8-17-10-14)13-5-3-7-15(9-13)19-12(2)20/h3,5,7,9,11,14,17H,4,6,8,10H2,1-2H3,(H,18,21)(H,19,20)/t11?,14-/m1/s1. The summed E-state index contributed by atoms with van der Waals surface area (Å²) in [6.45, 7) is 5.19. The Bertz CT molecular complexity index is 510. The molecule has 0 bridgehead atoms. The van der Waals surface area contributed by atoms with Crippen LogP contribution in [0.25, 0.3) is 0 Å². The van der Waals surface area contributed by atoms with Crippen molar-refractivity contribution in [2.45, 2.75) is 32.7 Å². The molecule has 1 aliphatic rings. The summed E-state index contributed by atoms with van der Waals surface area (Å²) >= 11 is 0. The number of benzene rings is 1. The van der Waals surface area contributed by atoms with E-state index in [1.165, 1.54) is 6.92 Å². The zero-order valence-electron chi connectivity index (χ0n) is 12.6. The monoisotopic (exact) mass is 289 g/mol. The normalized spacial score (nSPS) is 19.6. The number of rotatable bonds is 4. The van der Waals surface area contributed by atoms with Crippen LogP contribution in [0.3, 0.4) is 0 Å². The van der Waals surface area contributed by atoms with E-state index in [1.807, 2.05) is 31.2 Å². The van der Waals surface area contributed by atoms with Crippen LogP contribution in [0.5, 0.6) is 0 Å². The van der Waals surface area contributed by atoms with Gasteiger partial charge in [-0.3, -0.25) is 9.59 Å². The molecule has 21 heavy (non-hydrogen) atoms. The molecule has 3 N–H and O–H groups in total. The zero-order chi connectivity index (χ0) is 15.2. The van der Waals surface area contributed by atoms with Crippen LogP contribution < -0.4 is 16.0 Å². The Morgan fingerprint density at radius 2 is 2.19 bits per heavy atom. The number of hydrogen-bond acceptors (Lipinski definition) is 3. The fourth-order valence-corrected chi connectivity index (χ4v) is 2.58. The molecule has 1 aromatic carbocycles. The van der Waals surface area contributed by atoms with E-state index in [-0.39, 0.29) is 23.8 Å². The SMILES string of the molecule is CC(=O)Nc1cccc(C(C)NC(=O)[C@@H]2CCCNC2)c1. The van der Waals surface area contributed by atoms with Gasteiger partial charge in [-0.1, -0.05) is 12.1 Å². The molecular weight excluding hydrogens is 266 g/mol. The second-order valence-electron chi connectivity index (χ2n) is 5.58. The average Bonchev–Trinajstić information content (AvgIpc) is 2.47. The van der Waals surface area contributed by atoms with Crippen molar-refractivity contribution in [3.05, 3.63) is 29.8 Å². The molecule has 1 aromatic rings. The topological polar surface area (TPSA) is 70.2 Å². The van der Waals surface area contributed by atoms with Crippen LogP contribution >= 0.6 is 0 Å². The van der Waals surface area contributed by atoms with Crippen LogP contribution in [0.1, 0.15) is 38.3 Å². The maximum absolute atomic E-state index is 12.2. The molecule has 1 heterocycles. The molecule has 2 atom stereocenters. The van der Waals surface area contributed by atoms with Crippen molar-refractivity contribution in [2.75, 3.05) is 18.4 Å². The molecule has 5 heteroatoms. The van der Waals surface area contributed by atoms with E-state index < -0.39 is 0 Å². The number of hydrogen-bond donors (Lipinski definition) is 3. The van der Waals surface area contributed by atoms with Gasteiger partial charge < -0.3 is 16.0 Å². The van der Waals surface area contributed by atoms with Crippen molar-refractivity contribution in [1.29, 1.82) is 0 Å². The van der Waals surface area contributed by atoms with Crippen LogP contribution in [-0.2, 0) is 9.59 Å². The first-order valence-corrected chi connectivity index (χ1v) is 7.45. The first-order valence-electron chi connectivity index (χ1n) is 7.45. The van der Waals surface area contributed by atoms with Crippen LogP contribution in [0.4, 0.5) is 5.69 Å². The quantitative estimate of drug-likeness (QED) is 0.792. The molecule has 0 aliphatic carbocycles.